The Morgan fingerprint density at radius 1 is 1.25 bits per heavy atom. The zero-order valence-electron chi connectivity index (χ0n) is 15.9. The molecule has 0 saturated carbocycles. The van der Waals surface area contributed by atoms with E-state index in [0.29, 0.717) is 17.0 Å². The van der Waals surface area contributed by atoms with E-state index < -0.39 is 0 Å². The van der Waals surface area contributed by atoms with Crippen LogP contribution < -0.4 is 5.32 Å². The summed E-state index contributed by atoms with van der Waals surface area (Å²) >= 11 is 1.51. The molecule has 144 valence electrons. The topological polar surface area (TPSA) is 46.9 Å². The molecule has 1 aliphatic rings. The van der Waals surface area contributed by atoms with Gasteiger partial charge >= 0.3 is 0 Å². The van der Waals surface area contributed by atoms with E-state index in [-0.39, 0.29) is 17.8 Å². The van der Waals surface area contributed by atoms with Gasteiger partial charge in [0.1, 0.15) is 5.82 Å². The van der Waals surface area contributed by atoms with Crippen LogP contribution in [0, 0.1) is 19.7 Å². The SMILES string of the molecule is Cc1cc(C)n(Cc2ccc(C(=O)N[C@@H]3CCSc4c(F)cccc43)cc2)n1. The van der Waals surface area contributed by atoms with Gasteiger partial charge in [0.05, 0.1) is 18.3 Å². The van der Waals surface area contributed by atoms with Crippen LogP contribution >= 0.6 is 11.8 Å². The maximum atomic E-state index is 14.0. The minimum absolute atomic E-state index is 0.134. The van der Waals surface area contributed by atoms with E-state index in [4.69, 9.17) is 0 Å². The van der Waals surface area contributed by atoms with E-state index in [0.717, 1.165) is 34.7 Å². The Hall–Kier alpha value is -2.60. The standard InChI is InChI=1S/C22H22FN3OS/c1-14-12-15(2)26(25-14)13-16-6-8-17(9-7-16)22(27)24-20-10-11-28-21-18(20)4-3-5-19(21)23/h3-9,12,20H,10-11,13H2,1-2H3,(H,24,27)/t20-/m1/s1. The van der Waals surface area contributed by atoms with Gasteiger partial charge in [-0.2, -0.15) is 5.10 Å². The van der Waals surface area contributed by atoms with Gasteiger partial charge in [-0.15, -0.1) is 11.8 Å². The number of thioether (sulfide) groups is 1. The predicted molar refractivity (Wildman–Crippen MR) is 109 cm³/mol. The van der Waals surface area contributed by atoms with E-state index in [1.54, 1.807) is 6.07 Å². The molecule has 0 radical (unpaired) electrons. The zero-order chi connectivity index (χ0) is 19.7. The Balaban J connectivity index is 1.46. The molecule has 1 amide bonds. The van der Waals surface area contributed by atoms with Crippen LogP contribution in [0.4, 0.5) is 4.39 Å². The van der Waals surface area contributed by atoms with E-state index in [1.807, 2.05) is 54.9 Å². The number of benzene rings is 2. The van der Waals surface area contributed by atoms with Crippen molar-refractivity contribution in [3.63, 3.8) is 0 Å². The lowest BCUT2D eigenvalue weighted by molar-refractivity contribution is 0.0934. The highest BCUT2D eigenvalue weighted by molar-refractivity contribution is 7.99. The number of rotatable bonds is 4. The van der Waals surface area contributed by atoms with Crippen molar-refractivity contribution >= 4 is 17.7 Å². The molecule has 6 heteroatoms. The molecule has 2 aromatic carbocycles. The van der Waals surface area contributed by atoms with Crippen LogP contribution in [0.2, 0.25) is 0 Å². The van der Waals surface area contributed by atoms with Crippen molar-refractivity contribution in [1.82, 2.24) is 15.1 Å². The van der Waals surface area contributed by atoms with E-state index in [1.165, 1.54) is 17.8 Å². The molecule has 4 rings (SSSR count). The molecule has 1 N–H and O–H groups in total. The molecule has 0 saturated heterocycles. The van der Waals surface area contributed by atoms with Crippen LogP contribution in [0.15, 0.2) is 53.4 Å². The first kappa shape index (κ1) is 18.7. The molecule has 0 bridgehead atoms. The number of amides is 1. The van der Waals surface area contributed by atoms with Crippen LogP contribution in [-0.2, 0) is 6.54 Å². The Labute approximate surface area is 168 Å². The molecule has 0 aliphatic carbocycles. The number of hydrogen-bond acceptors (Lipinski definition) is 3. The number of aromatic nitrogens is 2. The third-order valence-electron chi connectivity index (χ3n) is 4.98. The van der Waals surface area contributed by atoms with Crippen LogP contribution in [0.5, 0.6) is 0 Å². The van der Waals surface area contributed by atoms with Crippen molar-refractivity contribution in [2.75, 3.05) is 5.75 Å². The van der Waals surface area contributed by atoms with Crippen molar-refractivity contribution in [3.8, 4) is 0 Å². The highest BCUT2D eigenvalue weighted by atomic mass is 32.2. The maximum absolute atomic E-state index is 14.0. The number of carbonyl (C=O) groups excluding carboxylic acids is 1. The second-order valence-electron chi connectivity index (χ2n) is 7.10. The number of hydrogen-bond donors (Lipinski definition) is 1. The molecule has 0 fully saturated rings. The number of nitrogens with zero attached hydrogens (tertiary/aromatic N) is 2. The van der Waals surface area contributed by atoms with Gasteiger partial charge in [0, 0.05) is 21.9 Å². The molecule has 0 spiro atoms. The van der Waals surface area contributed by atoms with Crippen molar-refractivity contribution in [2.24, 2.45) is 0 Å². The lowest BCUT2D eigenvalue weighted by Gasteiger charge is -2.26. The molecule has 0 unspecified atom stereocenters. The summed E-state index contributed by atoms with van der Waals surface area (Å²) in [7, 11) is 0. The summed E-state index contributed by atoms with van der Waals surface area (Å²) in [6, 6.07) is 14.5. The molecular weight excluding hydrogens is 373 g/mol. The normalized spacial score (nSPS) is 15.9. The summed E-state index contributed by atoms with van der Waals surface area (Å²) in [6.45, 7) is 4.68. The maximum Gasteiger partial charge on any atom is 0.251 e. The first-order valence-corrected chi connectivity index (χ1v) is 10.3. The van der Waals surface area contributed by atoms with Crippen LogP contribution in [0.25, 0.3) is 0 Å². The highest BCUT2D eigenvalue weighted by Crippen LogP contribution is 2.37. The van der Waals surface area contributed by atoms with E-state index in [9.17, 15) is 9.18 Å². The van der Waals surface area contributed by atoms with E-state index in [2.05, 4.69) is 10.4 Å². The van der Waals surface area contributed by atoms with Crippen LogP contribution in [-0.4, -0.2) is 21.4 Å². The molecule has 4 nitrogen and oxygen atoms in total. The average molecular weight is 396 g/mol. The molecular formula is C22H22FN3OS. The Bertz CT molecular complexity index is 1010. The van der Waals surface area contributed by atoms with Crippen LogP contribution in [0.3, 0.4) is 0 Å². The summed E-state index contributed by atoms with van der Waals surface area (Å²) < 4.78 is 16.0. The van der Waals surface area contributed by atoms with E-state index >= 15 is 0 Å². The minimum atomic E-state index is -0.213. The number of aryl methyl sites for hydroxylation is 2. The predicted octanol–water partition coefficient (Wildman–Crippen LogP) is 4.65. The first-order chi connectivity index (χ1) is 13.5. The smallest absolute Gasteiger partial charge is 0.251 e. The van der Waals surface area contributed by atoms with Gasteiger partial charge in [-0.1, -0.05) is 24.3 Å². The Kier molecular flexibility index (Phi) is 5.22. The lowest BCUT2D eigenvalue weighted by Crippen LogP contribution is -2.30. The number of fused-ring (bicyclic) bond motifs is 1. The first-order valence-electron chi connectivity index (χ1n) is 9.33. The number of nitrogens with one attached hydrogen (secondary N) is 1. The monoisotopic (exact) mass is 395 g/mol. The molecule has 1 atom stereocenters. The summed E-state index contributed by atoms with van der Waals surface area (Å²) in [5.74, 6) is 0.445. The number of halogens is 1. The highest BCUT2D eigenvalue weighted by Gasteiger charge is 2.24. The van der Waals surface area contributed by atoms with Crippen molar-refractivity contribution in [1.29, 1.82) is 0 Å². The van der Waals surface area contributed by atoms with Gasteiger partial charge in [-0.3, -0.25) is 9.48 Å². The summed E-state index contributed by atoms with van der Waals surface area (Å²) in [5.41, 5.74) is 4.67. The fourth-order valence-corrected chi connectivity index (χ4v) is 4.69. The quantitative estimate of drug-likeness (QED) is 0.699. The van der Waals surface area contributed by atoms with Gasteiger partial charge in [0.15, 0.2) is 0 Å². The third kappa shape index (κ3) is 3.83. The third-order valence-corrected chi connectivity index (χ3v) is 6.14. The Morgan fingerprint density at radius 3 is 2.75 bits per heavy atom. The average Bonchev–Trinajstić information content (AvgIpc) is 3.00. The minimum Gasteiger partial charge on any atom is -0.345 e. The second kappa shape index (κ2) is 7.80. The van der Waals surface area contributed by atoms with Gasteiger partial charge in [0.2, 0.25) is 0 Å². The fraction of sp³-hybridized carbons (Fsp3) is 0.273. The van der Waals surface area contributed by atoms with Gasteiger partial charge in [0.25, 0.3) is 5.91 Å². The Morgan fingerprint density at radius 2 is 2.04 bits per heavy atom. The van der Waals surface area contributed by atoms with Gasteiger partial charge in [-0.05, 0) is 55.7 Å². The molecule has 1 aliphatic heterocycles. The second-order valence-corrected chi connectivity index (χ2v) is 8.21. The molecule has 28 heavy (non-hydrogen) atoms. The summed E-state index contributed by atoms with van der Waals surface area (Å²) in [6.07, 6.45) is 0.795. The zero-order valence-corrected chi connectivity index (χ0v) is 16.7. The summed E-state index contributed by atoms with van der Waals surface area (Å²) in [4.78, 5) is 13.4. The van der Waals surface area contributed by atoms with Crippen molar-refractivity contribution in [2.45, 2.75) is 37.8 Å². The van der Waals surface area contributed by atoms with Crippen LogP contribution in [0.1, 0.15) is 45.3 Å². The van der Waals surface area contributed by atoms with Crippen molar-refractivity contribution in [3.05, 3.63) is 82.4 Å². The number of carbonyl (C=O) groups is 1. The van der Waals surface area contributed by atoms with Gasteiger partial charge in [-0.25, -0.2) is 4.39 Å². The largest absolute Gasteiger partial charge is 0.345 e. The molecule has 2 heterocycles. The molecule has 1 aromatic heterocycles. The molecule has 3 aromatic rings. The summed E-state index contributed by atoms with van der Waals surface area (Å²) in [5, 5.41) is 7.54. The van der Waals surface area contributed by atoms with Gasteiger partial charge < -0.3 is 5.32 Å². The van der Waals surface area contributed by atoms with Crippen molar-refractivity contribution < 1.29 is 9.18 Å². The fourth-order valence-electron chi connectivity index (χ4n) is 3.55. The lowest BCUT2D eigenvalue weighted by atomic mass is 10.0.